The molecule has 0 atom stereocenters. The molecule has 4 nitrogen and oxygen atoms in total. The predicted octanol–water partition coefficient (Wildman–Crippen LogP) is 5.36. The zero-order valence-electron chi connectivity index (χ0n) is 15.0. The van der Waals surface area contributed by atoms with Gasteiger partial charge in [0.05, 0.1) is 11.3 Å². The summed E-state index contributed by atoms with van der Waals surface area (Å²) in [5.74, 6) is -1.60. The van der Waals surface area contributed by atoms with E-state index in [-0.39, 0.29) is 24.4 Å². The second-order valence-electron chi connectivity index (χ2n) is 5.97. The lowest BCUT2D eigenvalue weighted by Crippen LogP contribution is -2.31. The number of nitrogens with zero attached hydrogens (tertiary/aromatic N) is 2. The van der Waals surface area contributed by atoms with Crippen LogP contribution < -0.4 is 4.90 Å². The van der Waals surface area contributed by atoms with E-state index in [1.54, 1.807) is 12.1 Å². The van der Waals surface area contributed by atoms with Crippen LogP contribution in [0.25, 0.3) is 11.1 Å². The van der Waals surface area contributed by atoms with Crippen molar-refractivity contribution in [2.75, 3.05) is 11.4 Å². The second kappa shape index (κ2) is 8.90. The average molecular weight is 380 g/mol. The van der Waals surface area contributed by atoms with Crippen LogP contribution in [0.5, 0.6) is 0 Å². The third kappa shape index (κ3) is 4.40. The number of halogens is 2. The minimum Gasteiger partial charge on any atom is -0.444 e. The lowest BCUT2D eigenvalue weighted by molar-refractivity contribution is 0.147. The van der Waals surface area contributed by atoms with Gasteiger partial charge in [-0.1, -0.05) is 42.5 Å². The molecule has 3 aromatic rings. The lowest BCUT2D eigenvalue weighted by Gasteiger charge is -2.21. The van der Waals surface area contributed by atoms with Crippen molar-refractivity contribution in [3.05, 3.63) is 96.8 Å². The topological polar surface area (TPSA) is 42.4 Å². The molecule has 0 aliphatic carbocycles. The van der Waals surface area contributed by atoms with Crippen LogP contribution in [-0.4, -0.2) is 17.6 Å². The van der Waals surface area contributed by atoms with E-state index in [0.717, 1.165) is 22.6 Å². The van der Waals surface area contributed by atoms with Gasteiger partial charge in [0.25, 0.3) is 0 Å². The number of hydrogen-bond acceptors (Lipinski definition) is 3. The molecule has 142 valence electrons. The number of anilines is 1. The minimum atomic E-state index is -0.798. The highest BCUT2D eigenvalue weighted by Gasteiger charge is 2.21. The molecule has 1 amide bonds. The summed E-state index contributed by atoms with van der Waals surface area (Å²) in [6.45, 7) is 3.68. The maximum absolute atomic E-state index is 14.6. The van der Waals surface area contributed by atoms with Gasteiger partial charge in [-0.2, -0.15) is 0 Å². The molecule has 1 aromatic heterocycles. The van der Waals surface area contributed by atoms with Crippen LogP contribution in [0.2, 0.25) is 0 Å². The summed E-state index contributed by atoms with van der Waals surface area (Å²) in [4.78, 5) is 17.5. The van der Waals surface area contributed by atoms with Gasteiger partial charge in [-0.15, -0.1) is 6.58 Å². The maximum Gasteiger partial charge on any atom is 0.414 e. The van der Waals surface area contributed by atoms with Crippen LogP contribution in [0.4, 0.5) is 19.3 Å². The van der Waals surface area contributed by atoms with Gasteiger partial charge in [0, 0.05) is 24.5 Å². The van der Waals surface area contributed by atoms with Gasteiger partial charge in [0.1, 0.15) is 18.2 Å². The Morgan fingerprint density at radius 2 is 1.82 bits per heavy atom. The molecule has 0 radical (unpaired) electrons. The number of benzene rings is 2. The Hall–Kier alpha value is -3.54. The van der Waals surface area contributed by atoms with Gasteiger partial charge in [-0.25, -0.2) is 13.6 Å². The summed E-state index contributed by atoms with van der Waals surface area (Å²) < 4.78 is 34.6. The normalized spacial score (nSPS) is 10.4. The molecule has 28 heavy (non-hydrogen) atoms. The molecule has 0 unspecified atom stereocenters. The van der Waals surface area contributed by atoms with Crippen molar-refractivity contribution in [2.24, 2.45) is 0 Å². The molecule has 0 spiro atoms. The summed E-state index contributed by atoms with van der Waals surface area (Å²) in [6.07, 6.45) is 3.62. The van der Waals surface area contributed by atoms with Crippen molar-refractivity contribution in [2.45, 2.75) is 6.61 Å². The first-order valence-electron chi connectivity index (χ1n) is 8.58. The standard InChI is InChI=1S/C22H18F2N2O2/c1-2-11-26(22(27)28-15-16-7-4-3-5-8-16)18-12-19(23)21(20(24)13-18)17-9-6-10-25-14-17/h2-10,12-14H,1,11,15H2. The van der Waals surface area contributed by atoms with Crippen molar-refractivity contribution < 1.29 is 18.3 Å². The Balaban J connectivity index is 1.85. The Labute approximate surface area is 161 Å². The van der Waals surface area contributed by atoms with E-state index in [0.29, 0.717) is 5.56 Å². The molecule has 0 aliphatic rings. The van der Waals surface area contributed by atoms with E-state index in [1.807, 2.05) is 30.3 Å². The molecular formula is C22H18F2N2O2. The van der Waals surface area contributed by atoms with Gasteiger partial charge in [-0.3, -0.25) is 9.88 Å². The number of rotatable bonds is 6. The minimum absolute atomic E-state index is 0.0404. The number of carbonyl (C=O) groups is 1. The van der Waals surface area contributed by atoms with Crippen LogP contribution in [0, 0.1) is 11.6 Å². The van der Waals surface area contributed by atoms with E-state index in [2.05, 4.69) is 11.6 Å². The Morgan fingerprint density at radius 1 is 1.11 bits per heavy atom. The highest BCUT2D eigenvalue weighted by molar-refractivity contribution is 5.88. The Bertz CT molecular complexity index is 940. The molecule has 0 aliphatic heterocycles. The van der Waals surface area contributed by atoms with E-state index >= 15 is 0 Å². The van der Waals surface area contributed by atoms with Gasteiger partial charge in [0.2, 0.25) is 0 Å². The maximum atomic E-state index is 14.6. The summed E-state index contributed by atoms with van der Waals surface area (Å²) >= 11 is 0. The van der Waals surface area contributed by atoms with Gasteiger partial charge in [0.15, 0.2) is 0 Å². The van der Waals surface area contributed by atoms with Crippen molar-refractivity contribution in [3.8, 4) is 11.1 Å². The number of carbonyl (C=O) groups excluding carboxylic acids is 1. The second-order valence-corrected chi connectivity index (χ2v) is 5.97. The first kappa shape index (κ1) is 19.2. The summed E-state index contributed by atoms with van der Waals surface area (Å²) in [5, 5.41) is 0. The number of pyridine rings is 1. The first-order chi connectivity index (χ1) is 13.6. The SMILES string of the molecule is C=CCN(C(=O)OCc1ccccc1)c1cc(F)c(-c2cccnc2)c(F)c1. The number of amides is 1. The molecule has 0 bridgehead atoms. The molecule has 1 heterocycles. The van der Waals surface area contributed by atoms with E-state index in [4.69, 9.17) is 4.74 Å². The fourth-order valence-corrected chi connectivity index (χ4v) is 2.71. The van der Waals surface area contributed by atoms with E-state index in [1.165, 1.54) is 18.5 Å². The molecular weight excluding hydrogens is 362 g/mol. The Kier molecular flexibility index (Phi) is 6.11. The van der Waals surface area contributed by atoms with Crippen LogP contribution in [0.15, 0.2) is 79.6 Å². The van der Waals surface area contributed by atoms with Crippen molar-refractivity contribution in [1.82, 2.24) is 4.98 Å². The summed E-state index contributed by atoms with van der Waals surface area (Å²) in [7, 11) is 0. The van der Waals surface area contributed by atoms with Gasteiger partial charge < -0.3 is 4.74 Å². The third-order valence-electron chi connectivity index (χ3n) is 4.03. The number of ether oxygens (including phenoxy) is 1. The first-order valence-corrected chi connectivity index (χ1v) is 8.58. The molecule has 0 N–H and O–H groups in total. The molecule has 0 fully saturated rings. The van der Waals surface area contributed by atoms with Crippen molar-refractivity contribution in [1.29, 1.82) is 0 Å². The van der Waals surface area contributed by atoms with Gasteiger partial charge >= 0.3 is 6.09 Å². The van der Waals surface area contributed by atoms with Crippen LogP contribution in [-0.2, 0) is 11.3 Å². The molecule has 0 saturated carbocycles. The molecule has 3 rings (SSSR count). The monoisotopic (exact) mass is 380 g/mol. The van der Waals surface area contributed by atoms with Crippen molar-refractivity contribution >= 4 is 11.8 Å². The van der Waals surface area contributed by atoms with Crippen LogP contribution >= 0.6 is 0 Å². The zero-order valence-corrected chi connectivity index (χ0v) is 15.0. The predicted molar refractivity (Wildman–Crippen MR) is 104 cm³/mol. The molecule has 0 saturated heterocycles. The van der Waals surface area contributed by atoms with Crippen molar-refractivity contribution in [3.63, 3.8) is 0 Å². The highest BCUT2D eigenvalue weighted by atomic mass is 19.1. The lowest BCUT2D eigenvalue weighted by atomic mass is 10.1. The number of aromatic nitrogens is 1. The zero-order chi connectivity index (χ0) is 19.9. The fraction of sp³-hybridized carbons (Fsp3) is 0.0909. The quantitative estimate of drug-likeness (QED) is 0.541. The smallest absolute Gasteiger partial charge is 0.414 e. The van der Waals surface area contributed by atoms with Gasteiger partial charge in [-0.05, 0) is 23.8 Å². The van der Waals surface area contributed by atoms with Crippen LogP contribution in [0.3, 0.4) is 0 Å². The van der Waals surface area contributed by atoms with E-state index < -0.39 is 17.7 Å². The average Bonchev–Trinajstić information content (AvgIpc) is 2.71. The molecule has 2 aromatic carbocycles. The third-order valence-corrected chi connectivity index (χ3v) is 4.03. The van der Waals surface area contributed by atoms with Crippen LogP contribution in [0.1, 0.15) is 5.56 Å². The summed E-state index contributed by atoms with van der Waals surface area (Å²) in [6, 6.07) is 14.5. The summed E-state index contributed by atoms with van der Waals surface area (Å²) in [5.41, 5.74) is 0.957. The largest absolute Gasteiger partial charge is 0.444 e. The fourth-order valence-electron chi connectivity index (χ4n) is 2.71. The highest BCUT2D eigenvalue weighted by Crippen LogP contribution is 2.30. The number of hydrogen-bond donors (Lipinski definition) is 0. The molecule has 6 heteroatoms. The Morgan fingerprint density at radius 3 is 2.43 bits per heavy atom. The van der Waals surface area contributed by atoms with E-state index in [9.17, 15) is 13.6 Å².